The number of hydrogen-bond donors (Lipinski definition) is 1. The van der Waals surface area contributed by atoms with Crippen molar-refractivity contribution < 1.29 is 13.9 Å². The molecule has 8 nitrogen and oxygen atoms in total. The van der Waals surface area contributed by atoms with Gasteiger partial charge in [-0.15, -0.1) is 0 Å². The van der Waals surface area contributed by atoms with E-state index >= 15 is 0 Å². The van der Waals surface area contributed by atoms with Crippen molar-refractivity contribution in [2.75, 3.05) is 11.9 Å². The molecule has 0 saturated heterocycles. The Hall–Kier alpha value is -2.22. The van der Waals surface area contributed by atoms with Crippen LogP contribution in [0.25, 0.3) is 0 Å². The van der Waals surface area contributed by atoms with Gasteiger partial charge in [0, 0.05) is 6.42 Å². The van der Waals surface area contributed by atoms with Crippen molar-refractivity contribution in [3.05, 3.63) is 23.1 Å². The Morgan fingerprint density at radius 1 is 1.40 bits per heavy atom. The first-order chi connectivity index (χ1) is 9.62. The zero-order chi connectivity index (χ0) is 14.5. The number of rotatable bonds is 5. The summed E-state index contributed by atoms with van der Waals surface area (Å²) in [5.41, 5.74) is 0. The Kier molecular flexibility index (Phi) is 4.46. The number of carbonyl (C=O) groups is 1. The van der Waals surface area contributed by atoms with Crippen LogP contribution >= 0.6 is 11.6 Å². The van der Waals surface area contributed by atoms with Crippen LogP contribution in [0.3, 0.4) is 0 Å². The van der Waals surface area contributed by atoms with Gasteiger partial charge in [0.2, 0.25) is 17.0 Å². The maximum atomic E-state index is 11.4. The molecule has 0 fully saturated rings. The molecule has 0 atom stereocenters. The predicted octanol–water partition coefficient (Wildman–Crippen LogP) is 2.00. The lowest BCUT2D eigenvalue weighted by atomic mass is 10.5. The highest BCUT2D eigenvalue weighted by Gasteiger charge is 2.14. The summed E-state index contributed by atoms with van der Waals surface area (Å²) in [5.74, 6) is 0.130. The fourth-order valence-electron chi connectivity index (χ4n) is 1.33. The minimum absolute atomic E-state index is 0.00906. The van der Waals surface area contributed by atoms with Gasteiger partial charge in [-0.05, 0) is 18.5 Å². The number of nitrogens with zero attached hydrogens (tertiary/aromatic N) is 4. The summed E-state index contributed by atoms with van der Waals surface area (Å²) in [4.78, 5) is 27.2. The third-order valence-corrected chi connectivity index (χ3v) is 2.34. The molecule has 2 aromatic rings. The normalized spacial score (nSPS) is 10.3. The first kappa shape index (κ1) is 14.2. The smallest absolute Gasteiger partial charge is 0.376 e. The molecule has 1 N–H and O–H groups in total. The van der Waals surface area contributed by atoms with Gasteiger partial charge in [0.25, 0.3) is 0 Å². The van der Waals surface area contributed by atoms with Crippen molar-refractivity contribution in [3.8, 4) is 0 Å². The van der Waals surface area contributed by atoms with Crippen LogP contribution in [0, 0.1) is 0 Å². The lowest BCUT2D eigenvalue weighted by Gasteiger charge is -2.02. The van der Waals surface area contributed by atoms with Crippen molar-refractivity contribution in [2.45, 2.75) is 20.3 Å². The van der Waals surface area contributed by atoms with Crippen LogP contribution in [0.4, 0.5) is 12.0 Å². The molecule has 2 rings (SSSR count). The van der Waals surface area contributed by atoms with Crippen LogP contribution in [0.5, 0.6) is 0 Å². The van der Waals surface area contributed by atoms with Crippen molar-refractivity contribution in [1.29, 1.82) is 0 Å². The van der Waals surface area contributed by atoms with Crippen molar-refractivity contribution >= 4 is 29.5 Å². The molecule has 2 aromatic heterocycles. The van der Waals surface area contributed by atoms with E-state index in [1.54, 1.807) is 6.92 Å². The molecule has 0 spiro atoms. The first-order valence-electron chi connectivity index (χ1n) is 5.92. The van der Waals surface area contributed by atoms with Gasteiger partial charge in [0.05, 0.1) is 12.8 Å². The predicted molar refractivity (Wildman–Crippen MR) is 70.0 cm³/mol. The number of oxazole rings is 1. The minimum atomic E-state index is -0.587. The summed E-state index contributed by atoms with van der Waals surface area (Å²) < 4.78 is 9.96. The molecule has 2 heterocycles. The molecular formula is C11H12ClN5O3. The van der Waals surface area contributed by atoms with E-state index in [0.29, 0.717) is 12.2 Å². The summed E-state index contributed by atoms with van der Waals surface area (Å²) in [6.07, 6.45) is 1.86. The molecular weight excluding hydrogens is 286 g/mol. The van der Waals surface area contributed by atoms with Crippen LogP contribution in [0.1, 0.15) is 30.2 Å². The molecule has 0 aliphatic rings. The highest BCUT2D eigenvalue weighted by atomic mass is 35.5. The van der Waals surface area contributed by atoms with Crippen LogP contribution in [-0.2, 0) is 11.2 Å². The van der Waals surface area contributed by atoms with Gasteiger partial charge in [-0.25, -0.2) is 14.8 Å². The number of aryl methyl sites for hydroxylation is 1. The molecule has 0 unspecified atom stereocenters. The van der Waals surface area contributed by atoms with E-state index in [2.05, 4.69) is 25.3 Å². The van der Waals surface area contributed by atoms with E-state index in [9.17, 15) is 4.79 Å². The van der Waals surface area contributed by atoms with Crippen molar-refractivity contribution in [1.82, 2.24) is 19.9 Å². The second kappa shape index (κ2) is 6.29. The Balaban J connectivity index is 2.14. The monoisotopic (exact) mass is 297 g/mol. The second-order valence-corrected chi connectivity index (χ2v) is 3.91. The Bertz CT molecular complexity index is 616. The first-order valence-corrected chi connectivity index (χ1v) is 6.30. The number of aromatic nitrogens is 4. The molecule has 0 saturated carbocycles. The fourth-order valence-corrected chi connectivity index (χ4v) is 1.51. The average Bonchev–Trinajstić information content (AvgIpc) is 2.87. The SMILES string of the molecule is CCOC(=O)c1cnc(Nc2nc(Cl)nc(CC)n2)o1. The second-order valence-electron chi connectivity index (χ2n) is 3.57. The quantitative estimate of drug-likeness (QED) is 0.836. The Labute approximate surface area is 119 Å². The van der Waals surface area contributed by atoms with Gasteiger partial charge in [0.1, 0.15) is 5.82 Å². The molecule has 0 aliphatic carbocycles. The van der Waals surface area contributed by atoms with E-state index in [0.717, 1.165) is 0 Å². The van der Waals surface area contributed by atoms with Gasteiger partial charge in [0.15, 0.2) is 0 Å². The number of halogens is 1. The number of hydrogen-bond acceptors (Lipinski definition) is 8. The topological polar surface area (TPSA) is 103 Å². The third-order valence-electron chi connectivity index (χ3n) is 2.17. The summed E-state index contributed by atoms with van der Waals surface area (Å²) in [6.45, 7) is 3.84. The largest absolute Gasteiger partial charge is 0.460 e. The summed E-state index contributed by atoms with van der Waals surface area (Å²) in [5, 5.41) is 2.77. The average molecular weight is 298 g/mol. The Morgan fingerprint density at radius 2 is 2.20 bits per heavy atom. The van der Waals surface area contributed by atoms with Crippen LogP contribution in [0.2, 0.25) is 5.28 Å². The maximum Gasteiger partial charge on any atom is 0.376 e. The van der Waals surface area contributed by atoms with Gasteiger partial charge >= 0.3 is 12.0 Å². The highest BCUT2D eigenvalue weighted by Crippen LogP contribution is 2.15. The standard InChI is InChI=1S/C11H12ClN5O3/c1-3-7-14-9(12)16-10(15-7)17-11-13-5-6(20-11)8(18)19-4-2/h5H,3-4H2,1-2H3,(H,13,14,15,16,17). The molecule has 0 amide bonds. The number of anilines is 2. The van der Waals surface area contributed by atoms with Gasteiger partial charge in [-0.3, -0.25) is 5.32 Å². The van der Waals surface area contributed by atoms with E-state index in [-0.39, 0.29) is 29.6 Å². The molecule has 9 heteroatoms. The van der Waals surface area contributed by atoms with E-state index in [1.807, 2.05) is 6.92 Å². The number of ether oxygens (including phenoxy) is 1. The van der Waals surface area contributed by atoms with Gasteiger partial charge in [-0.2, -0.15) is 9.97 Å². The highest BCUT2D eigenvalue weighted by molar-refractivity contribution is 6.28. The summed E-state index contributed by atoms with van der Waals surface area (Å²) in [7, 11) is 0. The van der Waals surface area contributed by atoms with Crippen LogP contribution in [0.15, 0.2) is 10.6 Å². The summed E-state index contributed by atoms with van der Waals surface area (Å²) in [6, 6.07) is 0.0670. The molecule has 0 bridgehead atoms. The fraction of sp³-hybridized carbons (Fsp3) is 0.364. The lowest BCUT2D eigenvalue weighted by molar-refractivity contribution is 0.0491. The van der Waals surface area contributed by atoms with Gasteiger partial charge < -0.3 is 9.15 Å². The van der Waals surface area contributed by atoms with Crippen molar-refractivity contribution in [2.24, 2.45) is 0 Å². The lowest BCUT2D eigenvalue weighted by Crippen LogP contribution is -2.04. The Morgan fingerprint density at radius 3 is 2.90 bits per heavy atom. The molecule has 106 valence electrons. The van der Waals surface area contributed by atoms with E-state index in [4.69, 9.17) is 20.8 Å². The van der Waals surface area contributed by atoms with E-state index in [1.165, 1.54) is 6.20 Å². The minimum Gasteiger partial charge on any atom is -0.460 e. The summed E-state index contributed by atoms with van der Waals surface area (Å²) >= 11 is 5.76. The molecule has 0 radical (unpaired) electrons. The zero-order valence-corrected chi connectivity index (χ0v) is 11.6. The zero-order valence-electron chi connectivity index (χ0n) is 10.9. The van der Waals surface area contributed by atoms with Gasteiger partial charge in [-0.1, -0.05) is 6.92 Å². The maximum absolute atomic E-state index is 11.4. The number of carbonyl (C=O) groups excluding carboxylic acids is 1. The number of esters is 1. The molecule has 0 aromatic carbocycles. The van der Waals surface area contributed by atoms with E-state index < -0.39 is 5.97 Å². The molecule has 0 aliphatic heterocycles. The third kappa shape index (κ3) is 3.41. The van der Waals surface area contributed by atoms with Crippen molar-refractivity contribution in [3.63, 3.8) is 0 Å². The van der Waals surface area contributed by atoms with Crippen LogP contribution < -0.4 is 5.32 Å². The van der Waals surface area contributed by atoms with Crippen LogP contribution in [-0.4, -0.2) is 32.5 Å². The number of nitrogens with one attached hydrogen (secondary N) is 1. The molecule has 20 heavy (non-hydrogen) atoms.